The summed E-state index contributed by atoms with van der Waals surface area (Å²) >= 11 is 0. The molecule has 0 N–H and O–H groups in total. The maximum atomic E-state index is 11.0. The van der Waals surface area contributed by atoms with Crippen LogP contribution in [0.25, 0.3) is 21.9 Å². The Bertz CT molecular complexity index is 765. The third kappa shape index (κ3) is 1.17. The minimum atomic E-state index is 0.681. The number of aryl methyl sites for hydroxylation is 2. The molecule has 0 bridgehead atoms. The zero-order valence-corrected chi connectivity index (χ0v) is 10.6. The van der Waals surface area contributed by atoms with Gasteiger partial charge in [0.15, 0.2) is 6.29 Å². The lowest BCUT2D eigenvalue weighted by atomic mass is 10.2. The van der Waals surface area contributed by atoms with Crippen LogP contribution in [0.4, 0.5) is 0 Å². The molecular weight excluding hydrogens is 228 g/mol. The molecule has 92 valence electrons. The zero-order chi connectivity index (χ0) is 12.9. The van der Waals surface area contributed by atoms with Gasteiger partial charge in [-0.1, -0.05) is 12.1 Å². The lowest BCUT2D eigenvalue weighted by Gasteiger charge is -2.06. The van der Waals surface area contributed by atoms with Crippen LogP contribution in [-0.2, 0) is 14.1 Å². The third-order valence-electron chi connectivity index (χ3n) is 3.52. The standard InChI is InChI=1S/C14H14N2O2/c1-15-9(8-17)7-11-10-5-4-6-12(18-3)13(10)16(2)14(11)15/h4-8H,1-3H3. The summed E-state index contributed by atoms with van der Waals surface area (Å²) in [4.78, 5) is 11.0. The van der Waals surface area contributed by atoms with E-state index in [1.54, 1.807) is 7.11 Å². The molecule has 0 atom stereocenters. The Morgan fingerprint density at radius 1 is 1.17 bits per heavy atom. The first-order valence-electron chi connectivity index (χ1n) is 5.75. The molecule has 1 aromatic carbocycles. The number of hydrogen-bond acceptors (Lipinski definition) is 2. The van der Waals surface area contributed by atoms with Crippen LogP contribution in [0.2, 0.25) is 0 Å². The van der Waals surface area contributed by atoms with E-state index in [0.717, 1.165) is 34.0 Å². The van der Waals surface area contributed by atoms with Gasteiger partial charge in [0, 0.05) is 24.9 Å². The number of methoxy groups -OCH3 is 1. The number of aromatic nitrogens is 2. The van der Waals surface area contributed by atoms with Gasteiger partial charge in [0.05, 0.1) is 18.3 Å². The number of rotatable bonds is 2. The second-order valence-corrected chi connectivity index (χ2v) is 4.40. The van der Waals surface area contributed by atoms with E-state index in [2.05, 4.69) is 10.6 Å². The molecule has 0 amide bonds. The van der Waals surface area contributed by atoms with Gasteiger partial charge in [-0.3, -0.25) is 4.79 Å². The Morgan fingerprint density at radius 3 is 2.61 bits per heavy atom. The van der Waals surface area contributed by atoms with E-state index < -0.39 is 0 Å². The van der Waals surface area contributed by atoms with Crippen molar-refractivity contribution in [3.05, 3.63) is 30.0 Å². The number of carbonyl (C=O) groups excluding carboxylic acids is 1. The van der Waals surface area contributed by atoms with Crippen molar-refractivity contribution in [2.24, 2.45) is 14.1 Å². The van der Waals surface area contributed by atoms with Crippen molar-refractivity contribution in [3.8, 4) is 5.75 Å². The Kier molecular flexibility index (Phi) is 2.20. The lowest BCUT2D eigenvalue weighted by Crippen LogP contribution is -1.99. The van der Waals surface area contributed by atoms with Crippen LogP contribution in [0, 0.1) is 0 Å². The van der Waals surface area contributed by atoms with Gasteiger partial charge in [-0.2, -0.15) is 0 Å². The van der Waals surface area contributed by atoms with Crippen molar-refractivity contribution < 1.29 is 9.53 Å². The number of carbonyl (C=O) groups is 1. The molecule has 0 fully saturated rings. The topological polar surface area (TPSA) is 36.2 Å². The molecule has 4 heteroatoms. The van der Waals surface area contributed by atoms with Gasteiger partial charge in [0.25, 0.3) is 0 Å². The van der Waals surface area contributed by atoms with E-state index in [4.69, 9.17) is 4.74 Å². The molecule has 18 heavy (non-hydrogen) atoms. The molecule has 0 saturated heterocycles. The predicted octanol–water partition coefficient (Wildman–Crippen LogP) is 2.49. The molecule has 0 aliphatic carbocycles. The lowest BCUT2D eigenvalue weighted by molar-refractivity contribution is 0.111. The van der Waals surface area contributed by atoms with Crippen molar-refractivity contribution in [1.82, 2.24) is 9.13 Å². The fraction of sp³-hybridized carbons (Fsp3) is 0.214. The summed E-state index contributed by atoms with van der Waals surface area (Å²) < 4.78 is 9.37. The van der Waals surface area contributed by atoms with Gasteiger partial charge in [-0.15, -0.1) is 0 Å². The fourth-order valence-electron chi connectivity index (χ4n) is 2.69. The van der Waals surface area contributed by atoms with Crippen molar-refractivity contribution in [2.75, 3.05) is 7.11 Å². The van der Waals surface area contributed by atoms with Gasteiger partial charge in [0.2, 0.25) is 0 Å². The van der Waals surface area contributed by atoms with E-state index in [1.165, 1.54) is 0 Å². The maximum absolute atomic E-state index is 11.0. The molecule has 2 heterocycles. The van der Waals surface area contributed by atoms with Gasteiger partial charge in [0.1, 0.15) is 11.4 Å². The van der Waals surface area contributed by atoms with Crippen molar-refractivity contribution >= 4 is 28.2 Å². The normalized spacial score (nSPS) is 11.3. The Balaban J connectivity index is 2.57. The highest BCUT2D eigenvalue weighted by Gasteiger charge is 2.16. The minimum absolute atomic E-state index is 0.681. The quantitative estimate of drug-likeness (QED) is 0.647. The first kappa shape index (κ1) is 10.9. The summed E-state index contributed by atoms with van der Waals surface area (Å²) in [6.45, 7) is 0. The highest BCUT2D eigenvalue weighted by molar-refractivity contribution is 6.10. The van der Waals surface area contributed by atoms with Crippen LogP contribution in [0.1, 0.15) is 10.5 Å². The Hall–Kier alpha value is -2.23. The van der Waals surface area contributed by atoms with Gasteiger partial charge >= 0.3 is 0 Å². The number of benzene rings is 1. The highest BCUT2D eigenvalue weighted by Crippen LogP contribution is 2.34. The highest BCUT2D eigenvalue weighted by atomic mass is 16.5. The predicted molar refractivity (Wildman–Crippen MR) is 71.3 cm³/mol. The molecule has 0 unspecified atom stereocenters. The second-order valence-electron chi connectivity index (χ2n) is 4.40. The van der Waals surface area contributed by atoms with Crippen LogP contribution in [0.3, 0.4) is 0 Å². The fourth-order valence-corrected chi connectivity index (χ4v) is 2.69. The van der Waals surface area contributed by atoms with Crippen molar-refractivity contribution in [2.45, 2.75) is 0 Å². The first-order valence-corrected chi connectivity index (χ1v) is 5.75. The molecule has 0 saturated carbocycles. The van der Waals surface area contributed by atoms with E-state index in [0.29, 0.717) is 5.69 Å². The van der Waals surface area contributed by atoms with Crippen LogP contribution in [0.5, 0.6) is 5.75 Å². The minimum Gasteiger partial charge on any atom is -0.495 e. The smallest absolute Gasteiger partial charge is 0.166 e. The molecule has 4 nitrogen and oxygen atoms in total. The van der Waals surface area contributed by atoms with Gasteiger partial charge in [-0.25, -0.2) is 0 Å². The van der Waals surface area contributed by atoms with Crippen LogP contribution in [0.15, 0.2) is 24.3 Å². The van der Waals surface area contributed by atoms with E-state index in [9.17, 15) is 4.79 Å². The van der Waals surface area contributed by atoms with Crippen molar-refractivity contribution in [1.29, 1.82) is 0 Å². The number of hydrogen-bond donors (Lipinski definition) is 0. The molecule has 0 aliphatic rings. The second kappa shape index (κ2) is 3.63. The summed E-state index contributed by atoms with van der Waals surface area (Å²) in [6.07, 6.45) is 0.881. The number of aldehydes is 1. The van der Waals surface area contributed by atoms with E-state index in [1.807, 2.05) is 36.9 Å². The summed E-state index contributed by atoms with van der Waals surface area (Å²) in [6, 6.07) is 7.88. The number of fused-ring (bicyclic) bond motifs is 3. The van der Waals surface area contributed by atoms with Gasteiger partial charge < -0.3 is 13.9 Å². The largest absolute Gasteiger partial charge is 0.495 e. The molecule has 0 radical (unpaired) electrons. The summed E-state index contributed by atoms with van der Waals surface area (Å²) in [5.74, 6) is 0.846. The van der Waals surface area contributed by atoms with Crippen LogP contribution in [-0.4, -0.2) is 22.5 Å². The SMILES string of the molecule is COc1cccc2c3cc(C=O)n(C)c3n(C)c12. The van der Waals surface area contributed by atoms with Crippen molar-refractivity contribution in [3.63, 3.8) is 0 Å². The molecule has 3 rings (SSSR count). The molecule has 2 aromatic heterocycles. The summed E-state index contributed by atoms with van der Waals surface area (Å²) in [5, 5.41) is 2.19. The molecular formula is C14H14N2O2. The Morgan fingerprint density at radius 2 is 1.94 bits per heavy atom. The number of nitrogens with zero attached hydrogens (tertiary/aromatic N) is 2. The number of para-hydroxylation sites is 1. The van der Waals surface area contributed by atoms with Crippen LogP contribution < -0.4 is 4.74 Å². The van der Waals surface area contributed by atoms with E-state index >= 15 is 0 Å². The third-order valence-corrected chi connectivity index (χ3v) is 3.52. The maximum Gasteiger partial charge on any atom is 0.166 e. The first-order chi connectivity index (χ1) is 8.69. The molecule has 3 aromatic rings. The van der Waals surface area contributed by atoms with Gasteiger partial charge in [-0.05, 0) is 12.1 Å². The number of ether oxygens (including phenoxy) is 1. The average molecular weight is 242 g/mol. The average Bonchev–Trinajstić information content (AvgIpc) is 2.87. The zero-order valence-electron chi connectivity index (χ0n) is 10.6. The Labute approximate surface area is 104 Å². The molecule has 0 aliphatic heterocycles. The summed E-state index contributed by atoms with van der Waals surface area (Å²) in [5.41, 5.74) is 2.76. The summed E-state index contributed by atoms with van der Waals surface area (Å²) in [7, 11) is 5.56. The van der Waals surface area contributed by atoms with E-state index in [-0.39, 0.29) is 0 Å². The molecule has 0 spiro atoms. The van der Waals surface area contributed by atoms with Crippen LogP contribution >= 0.6 is 0 Å². The monoisotopic (exact) mass is 242 g/mol.